The number of benzene rings is 3. The van der Waals surface area contributed by atoms with Crippen LogP contribution in [0.2, 0.25) is 0 Å². The number of carbonyl (C=O) groups excluding carboxylic acids is 1. The highest BCUT2D eigenvalue weighted by atomic mass is 32.2. The second-order valence-electron chi connectivity index (χ2n) is 8.14. The molecule has 0 amide bonds. The molecule has 0 saturated carbocycles. The van der Waals surface area contributed by atoms with Gasteiger partial charge in [0.25, 0.3) is 0 Å². The van der Waals surface area contributed by atoms with Gasteiger partial charge in [0.05, 0.1) is 37.7 Å². The largest absolute Gasteiger partial charge is 0.497 e. The van der Waals surface area contributed by atoms with Gasteiger partial charge in [-0.05, 0) is 35.4 Å². The van der Waals surface area contributed by atoms with E-state index in [-0.39, 0.29) is 10.7 Å². The summed E-state index contributed by atoms with van der Waals surface area (Å²) < 4.78 is 29.2. The Bertz CT molecular complexity index is 1040. The molecule has 7 heteroatoms. The molecule has 1 heterocycles. The average Bonchev–Trinajstić information content (AvgIpc) is 3.24. The fourth-order valence-electron chi connectivity index (χ4n) is 3.89. The number of hydrogen-bond acceptors (Lipinski definition) is 7. The first-order chi connectivity index (χ1) is 17.2. The molecule has 1 aliphatic rings. The SMILES string of the molecule is COc1ccc(C(=O)O[C@@H]2C(OC)S[C@H](COCc3ccccc3)[C@H]2OCc2ccccc2)cc1. The van der Waals surface area contributed by atoms with Crippen molar-refractivity contribution >= 4 is 17.7 Å². The lowest BCUT2D eigenvalue weighted by Crippen LogP contribution is -2.40. The van der Waals surface area contributed by atoms with Crippen LogP contribution in [0.1, 0.15) is 21.5 Å². The third-order valence-corrected chi connectivity index (χ3v) is 7.23. The van der Waals surface area contributed by atoms with Gasteiger partial charge < -0.3 is 23.7 Å². The fraction of sp³-hybridized carbons (Fsp3) is 0.321. The van der Waals surface area contributed by atoms with E-state index in [0.717, 1.165) is 11.1 Å². The number of ether oxygens (including phenoxy) is 5. The predicted molar refractivity (Wildman–Crippen MR) is 135 cm³/mol. The number of hydrogen-bond donors (Lipinski definition) is 0. The minimum absolute atomic E-state index is 0.0685. The van der Waals surface area contributed by atoms with Crippen LogP contribution in [0.4, 0.5) is 0 Å². The highest BCUT2D eigenvalue weighted by Crippen LogP contribution is 2.39. The maximum Gasteiger partial charge on any atom is 0.338 e. The van der Waals surface area contributed by atoms with Crippen LogP contribution >= 0.6 is 11.8 Å². The predicted octanol–water partition coefficient (Wildman–Crippen LogP) is 5.11. The van der Waals surface area contributed by atoms with Gasteiger partial charge in [0.15, 0.2) is 6.10 Å². The first-order valence-corrected chi connectivity index (χ1v) is 12.4. The van der Waals surface area contributed by atoms with E-state index in [2.05, 4.69) is 0 Å². The minimum Gasteiger partial charge on any atom is -0.497 e. The molecule has 1 aliphatic heterocycles. The Morgan fingerprint density at radius 3 is 2.03 bits per heavy atom. The van der Waals surface area contributed by atoms with Crippen molar-refractivity contribution < 1.29 is 28.5 Å². The Labute approximate surface area is 210 Å². The van der Waals surface area contributed by atoms with Crippen LogP contribution in [0.5, 0.6) is 5.75 Å². The lowest BCUT2D eigenvalue weighted by molar-refractivity contribution is -0.0862. The molecule has 1 fully saturated rings. The lowest BCUT2D eigenvalue weighted by atomic mass is 10.1. The molecule has 4 rings (SSSR count). The third-order valence-electron chi connectivity index (χ3n) is 5.75. The van der Waals surface area contributed by atoms with E-state index in [9.17, 15) is 4.79 Å². The molecule has 35 heavy (non-hydrogen) atoms. The summed E-state index contributed by atoms with van der Waals surface area (Å²) in [6.07, 6.45) is -0.989. The van der Waals surface area contributed by atoms with Gasteiger partial charge in [0, 0.05) is 7.11 Å². The molecule has 3 aromatic carbocycles. The van der Waals surface area contributed by atoms with Crippen molar-refractivity contribution in [1.82, 2.24) is 0 Å². The summed E-state index contributed by atoms with van der Waals surface area (Å²) in [5.41, 5.74) is 2.21. The first kappa shape index (κ1) is 25.3. The topological polar surface area (TPSA) is 63.2 Å². The van der Waals surface area contributed by atoms with Crippen LogP contribution in [0.25, 0.3) is 0 Å². The molecule has 0 bridgehead atoms. The van der Waals surface area contributed by atoms with Gasteiger partial charge in [0.2, 0.25) is 0 Å². The molecule has 0 spiro atoms. The molecule has 4 atom stereocenters. The third kappa shape index (κ3) is 6.86. The van der Waals surface area contributed by atoms with Crippen LogP contribution < -0.4 is 4.74 Å². The average molecular weight is 495 g/mol. The lowest BCUT2D eigenvalue weighted by Gasteiger charge is -2.25. The Morgan fingerprint density at radius 1 is 0.800 bits per heavy atom. The van der Waals surface area contributed by atoms with Crippen LogP contribution in [0, 0.1) is 0 Å². The number of methoxy groups -OCH3 is 2. The number of rotatable bonds is 11. The van der Waals surface area contributed by atoms with Crippen LogP contribution in [0.15, 0.2) is 84.9 Å². The van der Waals surface area contributed by atoms with Crippen molar-refractivity contribution in [1.29, 1.82) is 0 Å². The summed E-state index contributed by atoms with van der Waals surface area (Å²) in [5.74, 6) is 0.243. The van der Waals surface area contributed by atoms with Gasteiger partial charge in [-0.2, -0.15) is 0 Å². The standard InChI is InChI=1S/C28H30O6S/c1-30-23-15-13-22(14-16-23)27(29)34-26-25(33-18-21-11-7-4-8-12-21)24(35-28(26)31-2)19-32-17-20-9-5-3-6-10-20/h3-16,24-26,28H,17-19H2,1-2H3/t24-,25-,26+,28?/m1/s1. The summed E-state index contributed by atoms with van der Waals surface area (Å²) in [5, 5.41) is -0.0685. The summed E-state index contributed by atoms with van der Waals surface area (Å²) in [7, 11) is 3.20. The zero-order chi connectivity index (χ0) is 24.5. The molecular formula is C28H30O6S. The number of esters is 1. The molecule has 0 N–H and O–H groups in total. The Morgan fingerprint density at radius 2 is 1.43 bits per heavy atom. The van der Waals surface area contributed by atoms with Crippen LogP contribution in [0.3, 0.4) is 0 Å². The second kappa shape index (κ2) is 12.7. The molecule has 0 aliphatic carbocycles. The van der Waals surface area contributed by atoms with Gasteiger partial charge in [-0.3, -0.25) is 0 Å². The molecule has 0 aromatic heterocycles. The molecule has 3 aromatic rings. The number of thioether (sulfide) groups is 1. The smallest absolute Gasteiger partial charge is 0.338 e. The van der Waals surface area contributed by atoms with Gasteiger partial charge in [-0.15, -0.1) is 11.8 Å². The molecule has 1 saturated heterocycles. The normalized spacial score (nSPS) is 21.5. The highest BCUT2D eigenvalue weighted by Gasteiger charge is 2.48. The first-order valence-electron chi connectivity index (χ1n) is 11.5. The van der Waals surface area contributed by atoms with E-state index in [4.69, 9.17) is 23.7 Å². The molecule has 0 radical (unpaired) electrons. The fourth-order valence-corrected chi connectivity index (χ4v) is 5.28. The van der Waals surface area contributed by atoms with Crippen LogP contribution in [-0.4, -0.2) is 49.7 Å². The van der Waals surface area contributed by atoms with E-state index in [1.165, 1.54) is 0 Å². The highest BCUT2D eigenvalue weighted by molar-refractivity contribution is 8.00. The Hall–Kier alpha value is -2.84. The van der Waals surface area contributed by atoms with Crippen LogP contribution in [-0.2, 0) is 32.2 Å². The molecule has 1 unspecified atom stereocenters. The van der Waals surface area contributed by atoms with Gasteiger partial charge in [-0.1, -0.05) is 60.7 Å². The van der Waals surface area contributed by atoms with Crippen molar-refractivity contribution in [3.63, 3.8) is 0 Å². The van der Waals surface area contributed by atoms with Gasteiger partial charge in [-0.25, -0.2) is 4.79 Å². The molecule has 184 valence electrons. The van der Waals surface area contributed by atoms with E-state index in [1.807, 2.05) is 60.7 Å². The summed E-state index contributed by atoms with van der Waals surface area (Å²) in [6, 6.07) is 26.8. The van der Waals surface area contributed by atoms with Crippen molar-refractivity contribution in [2.75, 3.05) is 20.8 Å². The molecule has 6 nitrogen and oxygen atoms in total. The van der Waals surface area contributed by atoms with E-state index >= 15 is 0 Å². The van der Waals surface area contributed by atoms with E-state index in [0.29, 0.717) is 31.1 Å². The minimum atomic E-state index is -0.589. The maximum absolute atomic E-state index is 13.0. The van der Waals surface area contributed by atoms with Crippen molar-refractivity contribution in [2.24, 2.45) is 0 Å². The number of carbonyl (C=O) groups is 1. The van der Waals surface area contributed by atoms with E-state index < -0.39 is 18.2 Å². The second-order valence-corrected chi connectivity index (χ2v) is 9.48. The monoisotopic (exact) mass is 494 g/mol. The van der Waals surface area contributed by atoms with Gasteiger partial charge in [0.1, 0.15) is 17.3 Å². The zero-order valence-corrected chi connectivity index (χ0v) is 20.7. The van der Waals surface area contributed by atoms with E-state index in [1.54, 1.807) is 50.2 Å². The Balaban J connectivity index is 1.47. The summed E-state index contributed by atoms with van der Waals surface area (Å²) in [6.45, 7) is 1.33. The van der Waals surface area contributed by atoms with Gasteiger partial charge >= 0.3 is 5.97 Å². The van der Waals surface area contributed by atoms with Crippen molar-refractivity contribution in [3.05, 3.63) is 102 Å². The molecular weight excluding hydrogens is 464 g/mol. The van der Waals surface area contributed by atoms with Crippen molar-refractivity contribution in [3.8, 4) is 5.75 Å². The summed E-state index contributed by atoms with van der Waals surface area (Å²) in [4.78, 5) is 13.0. The maximum atomic E-state index is 13.0. The van der Waals surface area contributed by atoms with Crippen molar-refractivity contribution in [2.45, 2.75) is 36.1 Å². The Kier molecular flexibility index (Phi) is 9.20. The quantitative estimate of drug-likeness (QED) is 0.343. The zero-order valence-electron chi connectivity index (χ0n) is 19.9. The summed E-state index contributed by atoms with van der Waals surface area (Å²) >= 11 is 1.57.